The molecule has 0 aliphatic carbocycles. The number of hydrogen-bond acceptors (Lipinski definition) is 4. The molecule has 0 spiro atoms. The molecule has 2 rings (SSSR count). The SMILES string of the molecule is CCOC(=O)CNC(=O)c1cn[nH]c1-c1ccccc1. The normalized spacial score (nSPS) is 10.1. The van der Waals surface area contributed by atoms with Crippen LogP contribution in [-0.4, -0.2) is 35.2 Å². The van der Waals surface area contributed by atoms with E-state index in [0.29, 0.717) is 11.3 Å². The van der Waals surface area contributed by atoms with Crippen LogP contribution in [0.1, 0.15) is 17.3 Å². The number of rotatable bonds is 5. The van der Waals surface area contributed by atoms with Crippen LogP contribution < -0.4 is 5.32 Å². The molecule has 1 aromatic heterocycles. The molecule has 1 heterocycles. The minimum atomic E-state index is -0.467. The van der Waals surface area contributed by atoms with Crippen LogP contribution >= 0.6 is 0 Å². The van der Waals surface area contributed by atoms with Crippen molar-refractivity contribution in [1.82, 2.24) is 15.5 Å². The van der Waals surface area contributed by atoms with Crippen molar-refractivity contribution in [2.45, 2.75) is 6.92 Å². The summed E-state index contributed by atoms with van der Waals surface area (Å²) in [6.07, 6.45) is 1.43. The zero-order valence-electron chi connectivity index (χ0n) is 11.1. The number of benzene rings is 1. The van der Waals surface area contributed by atoms with Gasteiger partial charge in [-0.05, 0) is 6.92 Å². The maximum atomic E-state index is 12.0. The number of nitrogens with one attached hydrogen (secondary N) is 2. The monoisotopic (exact) mass is 273 g/mol. The Labute approximate surface area is 116 Å². The van der Waals surface area contributed by atoms with Crippen molar-refractivity contribution in [1.29, 1.82) is 0 Å². The second-order valence-electron chi connectivity index (χ2n) is 4.01. The summed E-state index contributed by atoms with van der Waals surface area (Å²) in [6, 6.07) is 9.37. The van der Waals surface area contributed by atoms with E-state index in [9.17, 15) is 9.59 Å². The Morgan fingerprint density at radius 1 is 1.30 bits per heavy atom. The van der Waals surface area contributed by atoms with E-state index in [4.69, 9.17) is 4.74 Å². The lowest BCUT2D eigenvalue weighted by Crippen LogP contribution is -2.30. The second-order valence-corrected chi connectivity index (χ2v) is 4.01. The Morgan fingerprint density at radius 2 is 2.05 bits per heavy atom. The molecule has 6 heteroatoms. The third kappa shape index (κ3) is 3.23. The number of aromatic nitrogens is 2. The first-order valence-electron chi connectivity index (χ1n) is 6.25. The van der Waals surface area contributed by atoms with Crippen molar-refractivity contribution in [2.75, 3.05) is 13.2 Å². The molecule has 1 aromatic carbocycles. The number of H-pyrrole nitrogens is 1. The van der Waals surface area contributed by atoms with Crippen LogP contribution in [0.3, 0.4) is 0 Å². The smallest absolute Gasteiger partial charge is 0.325 e. The molecule has 0 radical (unpaired) electrons. The molecule has 20 heavy (non-hydrogen) atoms. The van der Waals surface area contributed by atoms with Gasteiger partial charge in [0.05, 0.1) is 24.1 Å². The van der Waals surface area contributed by atoms with Gasteiger partial charge in [-0.15, -0.1) is 0 Å². The lowest BCUT2D eigenvalue weighted by atomic mass is 10.1. The van der Waals surface area contributed by atoms with Gasteiger partial charge in [0.2, 0.25) is 0 Å². The summed E-state index contributed by atoms with van der Waals surface area (Å²) in [5, 5.41) is 9.18. The molecule has 6 nitrogen and oxygen atoms in total. The van der Waals surface area contributed by atoms with Crippen molar-refractivity contribution >= 4 is 11.9 Å². The number of amides is 1. The fourth-order valence-corrected chi connectivity index (χ4v) is 1.74. The van der Waals surface area contributed by atoms with Crippen molar-refractivity contribution in [3.63, 3.8) is 0 Å². The molecular weight excluding hydrogens is 258 g/mol. The Kier molecular flexibility index (Phi) is 4.49. The van der Waals surface area contributed by atoms with E-state index in [1.165, 1.54) is 6.20 Å². The molecule has 0 atom stereocenters. The molecule has 0 bridgehead atoms. The van der Waals surface area contributed by atoms with Crippen molar-refractivity contribution in [2.24, 2.45) is 0 Å². The van der Waals surface area contributed by atoms with E-state index in [1.54, 1.807) is 6.92 Å². The predicted molar refractivity (Wildman–Crippen MR) is 73.0 cm³/mol. The summed E-state index contributed by atoms with van der Waals surface area (Å²) in [7, 11) is 0. The molecule has 2 N–H and O–H groups in total. The molecule has 0 saturated heterocycles. The van der Waals surface area contributed by atoms with E-state index in [-0.39, 0.29) is 19.1 Å². The lowest BCUT2D eigenvalue weighted by Gasteiger charge is -2.05. The van der Waals surface area contributed by atoms with Gasteiger partial charge in [0, 0.05) is 5.56 Å². The van der Waals surface area contributed by atoms with Gasteiger partial charge in [-0.25, -0.2) is 0 Å². The topological polar surface area (TPSA) is 84.1 Å². The number of ether oxygens (including phenoxy) is 1. The van der Waals surface area contributed by atoms with Gasteiger partial charge in [-0.1, -0.05) is 30.3 Å². The molecule has 2 aromatic rings. The van der Waals surface area contributed by atoms with E-state index in [2.05, 4.69) is 15.5 Å². The average Bonchev–Trinajstić information content (AvgIpc) is 2.95. The van der Waals surface area contributed by atoms with E-state index in [1.807, 2.05) is 30.3 Å². The molecule has 0 unspecified atom stereocenters. The van der Waals surface area contributed by atoms with Gasteiger partial charge in [0.25, 0.3) is 5.91 Å². The standard InChI is InChI=1S/C14H15N3O3/c1-2-20-12(18)9-15-14(19)11-8-16-17-13(11)10-6-4-3-5-7-10/h3-8H,2,9H2,1H3,(H,15,19)(H,16,17). The first-order chi connectivity index (χ1) is 9.72. The van der Waals surface area contributed by atoms with Gasteiger partial charge in [0.15, 0.2) is 0 Å². The van der Waals surface area contributed by atoms with Crippen LogP contribution in [0.2, 0.25) is 0 Å². The minimum absolute atomic E-state index is 0.161. The number of aromatic amines is 1. The van der Waals surface area contributed by atoms with Gasteiger partial charge >= 0.3 is 5.97 Å². The predicted octanol–water partition coefficient (Wildman–Crippen LogP) is 1.37. The number of nitrogens with zero attached hydrogens (tertiary/aromatic N) is 1. The first-order valence-corrected chi connectivity index (χ1v) is 6.25. The molecule has 0 saturated carbocycles. The minimum Gasteiger partial charge on any atom is -0.465 e. The van der Waals surface area contributed by atoms with Crippen molar-refractivity contribution < 1.29 is 14.3 Å². The molecule has 104 valence electrons. The lowest BCUT2D eigenvalue weighted by molar-refractivity contribution is -0.141. The highest BCUT2D eigenvalue weighted by Gasteiger charge is 2.15. The van der Waals surface area contributed by atoms with Gasteiger partial charge < -0.3 is 10.1 Å². The quantitative estimate of drug-likeness (QED) is 0.806. The highest BCUT2D eigenvalue weighted by atomic mass is 16.5. The Bertz CT molecular complexity index is 593. The van der Waals surface area contributed by atoms with Crippen LogP contribution in [0.5, 0.6) is 0 Å². The van der Waals surface area contributed by atoms with Gasteiger partial charge in [-0.3, -0.25) is 14.7 Å². The summed E-state index contributed by atoms with van der Waals surface area (Å²) >= 11 is 0. The largest absolute Gasteiger partial charge is 0.465 e. The first kappa shape index (κ1) is 13.8. The summed E-state index contributed by atoms with van der Waals surface area (Å²) in [5.41, 5.74) is 1.86. The summed E-state index contributed by atoms with van der Waals surface area (Å²) < 4.78 is 4.75. The van der Waals surface area contributed by atoms with Crippen molar-refractivity contribution in [3.8, 4) is 11.3 Å². The van der Waals surface area contributed by atoms with Crippen LogP contribution in [-0.2, 0) is 9.53 Å². The van der Waals surface area contributed by atoms with Gasteiger partial charge in [0.1, 0.15) is 6.54 Å². The highest BCUT2D eigenvalue weighted by molar-refractivity contribution is 6.00. The molecule has 1 amide bonds. The maximum Gasteiger partial charge on any atom is 0.325 e. The number of carbonyl (C=O) groups is 2. The van der Waals surface area contributed by atoms with E-state index < -0.39 is 5.97 Å². The Morgan fingerprint density at radius 3 is 2.75 bits per heavy atom. The van der Waals surface area contributed by atoms with Crippen LogP contribution in [0.15, 0.2) is 36.5 Å². The summed E-state index contributed by atoms with van der Waals surface area (Å²) in [4.78, 5) is 23.2. The van der Waals surface area contributed by atoms with Crippen LogP contribution in [0, 0.1) is 0 Å². The fourth-order valence-electron chi connectivity index (χ4n) is 1.74. The molecular formula is C14H15N3O3. The van der Waals surface area contributed by atoms with Crippen LogP contribution in [0.25, 0.3) is 11.3 Å². The Hall–Kier alpha value is -2.63. The summed E-state index contributed by atoms with van der Waals surface area (Å²) in [5.74, 6) is -0.837. The number of carbonyl (C=O) groups excluding carboxylic acids is 2. The number of esters is 1. The molecule has 0 aliphatic rings. The Balaban J connectivity index is 2.08. The highest BCUT2D eigenvalue weighted by Crippen LogP contribution is 2.20. The zero-order chi connectivity index (χ0) is 14.4. The summed E-state index contributed by atoms with van der Waals surface area (Å²) in [6.45, 7) is 1.84. The third-order valence-corrected chi connectivity index (χ3v) is 2.65. The third-order valence-electron chi connectivity index (χ3n) is 2.65. The van der Waals surface area contributed by atoms with Gasteiger partial charge in [-0.2, -0.15) is 5.10 Å². The molecule has 0 aliphatic heterocycles. The molecule has 0 fully saturated rings. The van der Waals surface area contributed by atoms with Crippen LogP contribution in [0.4, 0.5) is 0 Å². The van der Waals surface area contributed by atoms with E-state index >= 15 is 0 Å². The number of hydrogen-bond donors (Lipinski definition) is 2. The second kappa shape index (κ2) is 6.51. The van der Waals surface area contributed by atoms with E-state index in [0.717, 1.165) is 5.56 Å². The average molecular weight is 273 g/mol. The fraction of sp³-hybridized carbons (Fsp3) is 0.214. The maximum absolute atomic E-state index is 12.0. The van der Waals surface area contributed by atoms with Crippen molar-refractivity contribution in [3.05, 3.63) is 42.1 Å². The zero-order valence-corrected chi connectivity index (χ0v) is 11.1.